The smallest absolute Gasteiger partial charge is 0.221 e. The maximum Gasteiger partial charge on any atom is 0.221 e. The molecule has 2 rings (SSSR count). The van der Waals surface area contributed by atoms with E-state index in [2.05, 4.69) is 21.8 Å². The normalized spacial score (nSPS) is 24.1. The van der Waals surface area contributed by atoms with Gasteiger partial charge in [-0.25, -0.2) is 9.97 Å². The summed E-state index contributed by atoms with van der Waals surface area (Å²) in [6, 6.07) is 0.270. The SMILES string of the molecule is COc1ncnc(N2CC(CN)OCC2C)c1C. The Kier molecular flexibility index (Phi) is 3.98. The molecule has 6 heteroatoms. The summed E-state index contributed by atoms with van der Waals surface area (Å²) in [5.74, 6) is 1.51. The Balaban J connectivity index is 2.28. The van der Waals surface area contributed by atoms with Crippen molar-refractivity contribution < 1.29 is 9.47 Å². The van der Waals surface area contributed by atoms with Crippen molar-refractivity contribution in [2.45, 2.75) is 26.0 Å². The van der Waals surface area contributed by atoms with Gasteiger partial charge in [0.2, 0.25) is 5.88 Å². The lowest BCUT2D eigenvalue weighted by Crippen LogP contribution is -2.51. The number of anilines is 1. The average Bonchev–Trinajstić information content (AvgIpc) is 2.40. The number of nitrogens with two attached hydrogens (primary N) is 1. The summed E-state index contributed by atoms with van der Waals surface area (Å²) in [6.07, 6.45) is 1.59. The molecule has 1 fully saturated rings. The lowest BCUT2D eigenvalue weighted by molar-refractivity contribution is 0.0279. The van der Waals surface area contributed by atoms with Crippen molar-refractivity contribution >= 4 is 5.82 Å². The molecule has 2 heterocycles. The summed E-state index contributed by atoms with van der Waals surface area (Å²) in [5.41, 5.74) is 6.62. The molecular weight excluding hydrogens is 232 g/mol. The molecular formula is C12H20N4O2. The number of rotatable bonds is 3. The third-order valence-corrected chi connectivity index (χ3v) is 3.25. The van der Waals surface area contributed by atoms with Crippen LogP contribution < -0.4 is 15.4 Å². The topological polar surface area (TPSA) is 73.5 Å². The van der Waals surface area contributed by atoms with Gasteiger partial charge in [0.25, 0.3) is 0 Å². The van der Waals surface area contributed by atoms with Crippen LogP contribution in [0.5, 0.6) is 5.88 Å². The van der Waals surface area contributed by atoms with Gasteiger partial charge in [0.05, 0.1) is 31.4 Å². The molecule has 100 valence electrons. The molecule has 18 heavy (non-hydrogen) atoms. The lowest BCUT2D eigenvalue weighted by Gasteiger charge is -2.39. The highest BCUT2D eigenvalue weighted by atomic mass is 16.5. The fourth-order valence-corrected chi connectivity index (χ4v) is 2.18. The number of hydrogen-bond donors (Lipinski definition) is 1. The molecule has 1 aliphatic rings. The molecule has 0 saturated carbocycles. The highest BCUT2D eigenvalue weighted by Crippen LogP contribution is 2.27. The molecule has 0 spiro atoms. The van der Waals surface area contributed by atoms with Crippen LogP contribution in [0.15, 0.2) is 6.33 Å². The van der Waals surface area contributed by atoms with E-state index in [0.717, 1.165) is 17.9 Å². The molecule has 0 bridgehead atoms. The van der Waals surface area contributed by atoms with E-state index >= 15 is 0 Å². The van der Waals surface area contributed by atoms with Crippen molar-refractivity contribution in [2.75, 3.05) is 31.7 Å². The second kappa shape index (κ2) is 5.49. The summed E-state index contributed by atoms with van der Waals surface area (Å²) in [6.45, 7) is 6.01. The number of morpholine rings is 1. The number of methoxy groups -OCH3 is 1. The molecule has 2 atom stereocenters. The monoisotopic (exact) mass is 252 g/mol. The van der Waals surface area contributed by atoms with Gasteiger partial charge in [0.1, 0.15) is 12.1 Å². The predicted molar refractivity (Wildman–Crippen MR) is 68.9 cm³/mol. The lowest BCUT2D eigenvalue weighted by atomic mass is 10.1. The number of ether oxygens (including phenoxy) is 2. The third-order valence-electron chi connectivity index (χ3n) is 3.25. The summed E-state index contributed by atoms with van der Waals surface area (Å²) in [5, 5.41) is 0. The third kappa shape index (κ3) is 2.39. The highest BCUT2D eigenvalue weighted by molar-refractivity contribution is 5.51. The number of nitrogens with zero attached hydrogens (tertiary/aromatic N) is 3. The van der Waals surface area contributed by atoms with Crippen molar-refractivity contribution in [3.63, 3.8) is 0 Å². The molecule has 0 radical (unpaired) electrons. The first-order valence-corrected chi connectivity index (χ1v) is 6.11. The van der Waals surface area contributed by atoms with Crippen LogP contribution in [0.1, 0.15) is 12.5 Å². The van der Waals surface area contributed by atoms with Crippen LogP contribution in [0.4, 0.5) is 5.82 Å². The van der Waals surface area contributed by atoms with E-state index in [1.165, 1.54) is 6.33 Å². The highest BCUT2D eigenvalue weighted by Gasteiger charge is 2.28. The zero-order valence-electron chi connectivity index (χ0n) is 11.1. The van der Waals surface area contributed by atoms with E-state index in [9.17, 15) is 0 Å². The van der Waals surface area contributed by atoms with Crippen molar-refractivity contribution in [1.82, 2.24) is 9.97 Å². The Morgan fingerprint density at radius 3 is 3.00 bits per heavy atom. The van der Waals surface area contributed by atoms with Crippen molar-refractivity contribution in [1.29, 1.82) is 0 Å². The van der Waals surface area contributed by atoms with Gasteiger partial charge in [-0.05, 0) is 13.8 Å². The van der Waals surface area contributed by atoms with Crippen LogP contribution >= 0.6 is 0 Å². The molecule has 1 saturated heterocycles. The molecule has 1 aliphatic heterocycles. The van der Waals surface area contributed by atoms with Crippen LogP contribution in [0.2, 0.25) is 0 Å². The van der Waals surface area contributed by atoms with Crippen molar-refractivity contribution in [2.24, 2.45) is 5.73 Å². The van der Waals surface area contributed by atoms with Gasteiger partial charge in [0, 0.05) is 13.1 Å². The first kappa shape index (κ1) is 13.0. The van der Waals surface area contributed by atoms with Crippen LogP contribution in [0, 0.1) is 6.92 Å². The predicted octanol–water partition coefficient (Wildman–Crippen LogP) is 0.346. The summed E-state index contributed by atoms with van der Waals surface area (Å²) in [4.78, 5) is 10.7. The molecule has 6 nitrogen and oxygen atoms in total. The zero-order chi connectivity index (χ0) is 13.1. The second-order valence-electron chi connectivity index (χ2n) is 4.52. The first-order valence-electron chi connectivity index (χ1n) is 6.11. The number of hydrogen-bond acceptors (Lipinski definition) is 6. The maximum absolute atomic E-state index is 5.67. The largest absolute Gasteiger partial charge is 0.481 e. The Hall–Kier alpha value is -1.40. The molecule has 2 N–H and O–H groups in total. The van der Waals surface area contributed by atoms with Crippen LogP contribution in [0.25, 0.3) is 0 Å². The molecule has 1 aromatic rings. The maximum atomic E-state index is 5.67. The summed E-state index contributed by atoms with van der Waals surface area (Å²) < 4.78 is 10.9. The van der Waals surface area contributed by atoms with Gasteiger partial charge in [-0.15, -0.1) is 0 Å². The minimum atomic E-state index is 0.0570. The Morgan fingerprint density at radius 1 is 1.56 bits per heavy atom. The second-order valence-corrected chi connectivity index (χ2v) is 4.52. The summed E-state index contributed by atoms with van der Waals surface area (Å²) in [7, 11) is 1.62. The fraction of sp³-hybridized carbons (Fsp3) is 0.667. The Bertz CT molecular complexity index is 413. The van der Waals surface area contributed by atoms with Crippen LogP contribution in [-0.4, -0.2) is 48.9 Å². The van der Waals surface area contributed by atoms with Crippen LogP contribution in [0.3, 0.4) is 0 Å². The molecule has 0 aliphatic carbocycles. The van der Waals surface area contributed by atoms with Gasteiger partial charge in [0.15, 0.2) is 0 Å². The first-order chi connectivity index (χ1) is 8.67. The van der Waals surface area contributed by atoms with Gasteiger partial charge in [-0.3, -0.25) is 0 Å². The van der Waals surface area contributed by atoms with E-state index in [0.29, 0.717) is 19.0 Å². The number of aromatic nitrogens is 2. The molecule has 1 aromatic heterocycles. The van der Waals surface area contributed by atoms with Crippen molar-refractivity contribution in [3.05, 3.63) is 11.9 Å². The van der Waals surface area contributed by atoms with E-state index in [1.54, 1.807) is 7.11 Å². The Morgan fingerprint density at radius 2 is 2.33 bits per heavy atom. The van der Waals surface area contributed by atoms with E-state index < -0.39 is 0 Å². The average molecular weight is 252 g/mol. The van der Waals surface area contributed by atoms with Gasteiger partial charge in [-0.2, -0.15) is 0 Å². The van der Waals surface area contributed by atoms with Gasteiger partial charge in [-0.1, -0.05) is 0 Å². The Labute approximate surface area is 107 Å². The minimum absolute atomic E-state index is 0.0570. The van der Waals surface area contributed by atoms with E-state index in [-0.39, 0.29) is 12.1 Å². The van der Waals surface area contributed by atoms with E-state index in [1.807, 2.05) is 6.92 Å². The zero-order valence-corrected chi connectivity index (χ0v) is 11.1. The molecule has 2 unspecified atom stereocenters. The molecule has 0 aromatic carbocycles. The van der Waals surface area contributed by atoms with E-state index in [4.69, 9.17) is 15.2 Å². The van der Waals surface area contributed by atoms with Gasteiger partial charge >= 0.3 is 0 Å². The molecule has 0 amide bonds. The fourth-order valence-electron chi connectivity index (χ4n) is 2.18. The van der Waals surface area contributed by atoms with Crippen LogP contribution in [-0.2, 0) is 4.74 Å². The minimum Gasteiger partial charge on any atom is -0.481 e. The quantitative estimate of drug-likeness (QED) is 0.836. The van der Waals surface area contributed by atoms with Crippen molar-refractivity contribution in [3.8, 4) is 5.88 Å². The standard InChI is InChI=1S/C12H20N4O2/c1-8-6-18-10(4-13)5-16(8)11-9(2)12(17-3)15-7-14-11/h7-8,10H,4-6,13H2,1-3H3. The van der Waals surface area contributed by atoms with Gasteiger partial charge < -0.3 is 20.1 Å². The summed E-state index contributed by atoms with van der Waals surface area (Å²) >= 11 is 0.